The maximum atomic E-state index is 10.7. The van der Waals surface area contributed by atoms with Crippen LogP contribution in [0.4, 0.5) is 0 Å². The lowest BCUT2D eigenvalue weighted by Crippen LogP contribution is -2.60. The van der Waals surface area contributed by atoms with Crippen molar-refractivity contribution in [2.24, 2.45) is 11.1 Å². The number of nitrogens with zero attached hydrogens (tertiary/aromatic N) is 1. The third-order valence-corrected chi connectivity index (χ3v) is 4.50. The smallest absolute Gasteiger partial charge is 0.0740 e. The molecule has 1 heterocycles. The highest BCUT2D eigenvalue weighted by Gasteiger charge is 2.53. The van der Waals surface area contributed by atoms with Gasteiger partial charge in [-0.2, -0.15) is 0 Å². The molecule has 1 saturated heterocycles. The molecule has 82 valence electrons. The summed E-state index contributed by atoms with van der Waals surface area (Å²) in [6.07, 6.45) is 5.31. The third-order valence-electron chi connectivity index (χ3n) is 4.50. The standard InChI is InChI=1S/C11H22N2O/c1-13-7-5-11(14,6-8-13)10(9-12)3-2-4-10/h14H,2-9,12H2,1H3. The minimum absolute atomic E-state index is 0.0638. The van der Waals surface area contributed by atoms with Crippen molar-refractivity contribution in [2.75, 3.05) is 26.7 Å². The molecule has 0 spiro atoms. The summed E-state index contributed by atoms with van der Waals surface area (Å²) in [4.78, 5) is 2.29. The Labute approximate surface area is 86.3 Å². The topological polar surface area (TPSA) is 49.5 Å². The minimum atomic E-state index is -0.466. The average molecular weight is 198 g/mol. The largest absolute Gasteiger partial charge is 0.389 e. The summed E-state index contributed by atoms with van der Waals surface area (Å²) >= 11 is 0. The summed E-state index contributed by atoms with van der Waals surface area (Å²) in [6.45, 7) is 2.68. The van der Waals surface area contributed by atoms with Gasteiger partial charge < -0.3 is 15.7 Å². The Hall–Kier alpha value is -0.120. The fourth-order valence-electron chi connectivity index (χ4n) is 2.98. The molecular weight excluding hydrogens is 176 g/mol. The van der Waals surface area contributed by atoms with Crippen LogP contribution in [-0.2, 0) is 0 Å². The van der Waals surface area contributed by atoms with Gasteiger partial charge in [-0.25, -0.2) is 0 Å². The summed E-state index contributed by atoms with van der Waals surface area (Å²) in [5, 5.41) is 10.7. The van der Waals surface area contributed by atoms with Gasteiger partial charge >= 0.3 is 0 Å². The van der Waals surface area contributed by atoms with Crippen LogP contribution in [0, 0.1) is 5.41 Å². The monoisotopic (exact) mass is 198 g/mol. The minimum Gasteiger partial charge on any atom is -0.389 e. The van der Waals surface area contributed by atoms with E-state index in [0.717, 1.165) is 38.8 Å². The molecule has 0 unspecified atom stereocenters. The molecule has 1 saturated carbocycles. The average Bonchev–Trinajstić information content (AvgIpc) is 2.10. The molecule has 0 bridgehead atoms. The number of rotatable bonds is 2. The van der Waals surface area contributed by atoms with E-state index in [-0.39, 0.29) is 5.41 Å². The molecule has 0 atom stereocenters. The van der Waals surface area contributed by atoms with E-state index in [9.17, 15) is 5.11 Å². The summed E-state index contributed by atoms with van der Waals surface area (Å²) in [7, 11) is 2.12. The van der Waals surface area contributed by atoms with E-state index < -0.39 is 5.60 Å². The van der Waals surface area contributed by atoms with E-state index in [1.807, 2.05) is 0 Å². The van der Waals surface area contributed by atoms with Gasteiger partial charge in [-0.3, -0.25) is 0 Å². The second-order valence-corrected chi connectivity index (χ2v) is 5.17. The van der Waals surface area contributed by atoms with Crippen LogP contribution in [0.25, 0.3) is 0 Å². The first kappa shape index (κ1) is 10.4. The zero-order valence-electron chi connectivity index (χ0n) is 9.13. The van der Waals surface area contributed by atoms with Gasteiger partial charge in [0.15, 0.2) is 0 Å². The maximum absolute atomic E-state index is 10.7. The van der Waals surface area contributed by atoms with Crippen LogP contribution in [0.5, 0.6) is 0 Å². The van der Waals surface area contributed by atoms with Crippen molar-refractivity contribution < 1.29 is 5.11 Å². The number of piperidine rings is 1. The lowest BCUT2D eigenvalue weighted by atomic mass is 9.56. The van der Waals surface area contributed by atoms with Crippen molar-refractivity contribution >= 4 is 0 Å². The summed E-state index contributed by atoms with van der Waals surface area (Å²) in [6, 6.07) is 0. The number of nitrogens with two attached hydrogens (primary N) is 1. The van der Waals surface area contributed by atoms with E-state index in [4.69, 9.17) is 5.73 Å². The highest BCUT2D eigenvalue weighted by atomic mass is 16.3. The number of likely N-dealkylation sites (tertiary alicyclic amines) is 1. The van der Waals surface area contributed by atoms with E-state index in [2.05, 4.69) is 11.9 Å². The molecular formula is C11H22N2O. The van der Waals surface area contributed by atoms with Gasteiger partial charge in [0.25, 0.3) is 0 Å². The number of aliphatic hydroxyl groups is 1. The van der Waals surface area contributed by atoms with Gasteiger partial charge in [0.05, 0.1) is 5.60 Å². The van der Waals surface area contributed by atoms with Gasteiger partial charge in [0.2, 0.25) is 0 Å². The molecule has 14 heavy (non-hydrogen) atoms. The van der Waals surface area contributed by atoms with Crippen molar-refractivity contribution in [3.8, 4) is 0 Å². The van der Waals surface area contributed by atoms with Gasteiger partial charge in [0, 0.05) is 25.0 Å². The molecule has 3 N–H and O–H groups in total. The van der Waals surface area contributed by atoms with Crippen molar-refractivity contribution in [1.29, 1.82) is 0 Å². The molecule has 1 aliphatic heterocycles. The maximum Gasteiger partial charge on any atom is 0.0740 e. The van der Waals surface area contributed by atoms with Crippen molar-refractivity contribution in [1.82, 2.24) is 4.90 Å². The van der Waals surface area contributed by atoms with Crippen molar-refractivity contribution in [3.63, 3.8) is 0 Å². The van der Waals surface area contributed by atoms with Gasteiger partial charge in [-0.1, -0.05) is 6.42 Å². The normalized spacial score (nSPS) is 31.1. The Morgan fingerprint density at radius 3 is 2.14 bits per heavy atom. The molecule has 0 aromatic carbocycles. The molecule has 3 heteroatoms. The van der Waals surface area contributed by atoms with Gasteiger partial charge in [-0.15, -0.1) is 0 Å². The second kappa shape index (κ2) is 3.47. The Bertz CT molecular complexity index is 200. The first-order valence-corrected chi connectivity index (χ1v) is 5.73. The Balaban J connectivity index is 2.07. The predicted octanol–water partition coefficient (Wildman–Crippen LogP) is 0.572. The highest BCUT2D eigenvalue weighted by Crippen LogP contribution is 2.52. The molecule has 1 aliphatic carbocycles. The summed E-state index contributed by atoms with van der Waals surface area (Å²) in [5.74, 6) is 0. The lowest BCUT2D eigenvalue weighted by Gasteiger charge is -2.55. The molecule has 3 nitrogen and oxygen atoms in total. The number of hydrogen-bond acceptors (Lipinski definition) is 3. The summed E-state index contributed by atoms with van der Waals surface area (Å²) < 4.78 is 0. The van der Waals surface area contributed by atoms with E-state index in [0.29, 0.717) is 6.54 Å². The van der Waals surface area contributed by atoms with Crippen LogP contribution < -0.4 is 5.73 Å². The molecule has 0 aromatic heterocycles. The van der Waals surface area contributed by atoms with E-state index in [1.165, 1.54) is 6.42 Å². The van der Waals surface area contributed by atoms with Crippen LogP contribution in [0.1, 0.15) is 32.1 Å². The molecule has 2 rings (SSSR count). The summed E-state index contributed by atoms with van der Waals surface area (Å²) in [5.41, 5.74) is 5.44. The van der Waals surface area contributed by atoms with Crippen LogP contribution in [0.3, 0.4) is 0 Å². The molecule has 0 radical (unpaired) electrons. The molecule has 2 fully saturated rings. The lowest BCUT2D eigenvalue weighted by molar-refractivity contribution is -0.149. The third kappa shape index (κ3) is 1.38. The van der Waals surface area contributed by atoms with Gasteiger partial charge in [-0.05, 0) is 32.7 Å². The molecule has 2 aliphatic rings. The number of hydrogen-bond donors (Lipinski definition) is 2. The second-order valence-electron chi connectivity index (χ2n) is 5.17. The van der Waals surface area contributed by atoms with Crippen molar-refractivity contribution in [2.45, 2.75) is 37.7 Å². The SMILES string of the molecule is CN1CCC(O)(C2(CN)CCC2)CC1. The Kier molecular flexibility index (Phi) is 2.58. The Morgan fingerprint density at radius 1 is 1.21 bits per heavy atom. The first-order valence-electron chi connectivity index (χ1n) is 5.73. The predicted molar refractivity (Wildman–Crippen MR) is 57.0 cm³/mol. The van der Waals surface area contributed by atoms with Crippen LogP contribution in [-0.4, -0.2) is 42.3 Å². The van der Waals surface area contributed by atoms with Crippen LogP contribution in [0.2, 0.25) is 0 Å². The zero-order valence-corrected chi connectivity index (χ0v) is 9.13. The van der Waals surface area contributed by atoms with Crippen molar-refractivity contribution in [3.05, 3.63) is 0 Å². The van der Waals surface area contributed by atoms with Crippen LogP contribution >= 0.6 is 0 Å². The van der Waals surface area contributed by atoms with E-state index >= 15 is 0 Å². The van der Waals surface area contributed by atoms with E-state index in [1.54, 1.807) is 0 Å². The van der Waals surface area contributed by atoms with Gasteiger partial charge in [0.1, 0.15) is 0 Å². The molecule has 0 amide bonds. The quantitative estimate of drug-likeness (QED) is 0.682. The zero-order chi connectivity index (χ0) is 10.2. The fourth-order valence-corrected chi connectivity index (χ4v) is 2.98. The fraction of sp³-hybridized carbons (Fsp3) is 1.00. The molecule has 0 aromatic rings. The first-order chi connectivity index (χ1) is 6.62. The van der Waals surface area contributed by atoms with Crippen LogP contribution in [0.15, 0.2) is 0 Å². The highest BCUT2D eigenvalue weighted by molar-refractivity contribution is 5.06. The Morgan fingerprint density at radius 2 is 1.79 bits per heavy atom.